The van der Waals surface area contributed by atoms with E-state index in [0.717, 1.165) is 45.6 Å². The number of oxazole rings is 1. The number of fused-ring (bicyclic) bond motifs is 1. The van der Waals surface area contributed by atoms with Gasteiger partial charge in [0, 0.05) is 12.1 Å². The second-order valence-corrected chi connectivity index (χ2v) is 9.53. The van der Waals surface area contributed by atoms with E-state index in [9.17, 15) is 4.79 Å². The van der Waals surface area contributed by atoms with Gasteiger partial charge in [-0.2, -0.15) is 0 Å². The first-order valence-corrected chi connectivity index (χ1v) is 12.5. The largest absolute Gasteiger partial charge is 0.483 e. The molecule has 0 fully saturated rings. The van der Waals surface area contributed by atoms with Crippen molar-refractivity contribution >= 4 is 40.0 Å². The van der Waals surface area contributed by atoms with E-state index in [2.05, 4.69) is 48.5 Å². The van der Waals surface area contributed by atoms with E-state index in [4.69, 9.17) is 21.4 Å². The van der Waals surface area contributed by atoms with Crippen molar-refractivity contribution in [3.63, 3.8) is 0 Å². The van der Waals surface area contributed by atoms with Crippen LogP contribution in [-0.2, 0) is 17.6 Å². The summed E-state index contributed by atoms with van der Waals surface area (Å²) in [6.45, 7) is 8.19. The summed E-state index contributed by atoms with van der Waals surface area (Å²) in [6, 6.07) is 19.9. The molecule has 0 bridgehead atoms. The molecular formula is C29H31N3O3S. The molecule has 0 aliphatic heterocycles. The minimum absolute atomic E-state index is 0.117. The molecule has 6 nitrogen and oxygen atoms in total. The van der Waals surface area contributed by atoms with E-state index in [0.29, 0.717) is 18.2 Å². The van der Waals surface area contributed by atoms with Gasteiger partial charge in [-0.1, -0.05) is 51.1 Å². The van der Waals surface area contributed by atoms with Gasteiger partial charge in [0.05, 0.1) is 0 Å². The first-order valence-electron chi connectivity index (χ1n) is 12.1. The summed E-state index contributed by atoms with van der Waals surface area (Å²) in [4.78, 5) is 17.0. The van der Waals surface area contributed by atoms with Gasteiger partial charge in [-0.3, -0.25) is 10.1 Å². The van der Waals surface area contributed by atoms with Gasteiger partial charge in [-0.25, -0.2) is 4.98 Å². The van der Waals surface area contributed by atoms with Crippen LogP contribution in [0, 0.1) is 6.92 Å². The number of anilines is 1. The van der Waals surface area contributed by atoms with Crippen LogP contribution in [0.1, 0.15) is 54.8 Å². The lowest BCUT2D eigenvalue weighted by molar-refractivity contribution is -0.121. The molecule has 0 unspecified atom stereocenters. The van der Waals surface area contributed by atoms with Crippen molar-refractivity contribution in [2.45, 2.75) is 46.5 Å². The highest BCUT2D eigenvalue weighted by molar-refractivity contribution is 7.80. The SMILES string of the molecule is CCc1ccc2oc(Cc3ccc(NC(=S)NC(=O)COc4cc(C)ccc4C(C)C)cc3)nc2c1. The molecule has 0 spiro atoms. The summed E-state index contributed by atoms with van der Waals surface area (Å²) >= 11 is 5.30. The van der Waals surface area contributed by atoms with Gasteiger partial charge in [0.25, 0.3) is 5.91 Å². The molecule has 4 rings (SSSR count). The van der Waals surface area contributed by atoms with E-state index in [1.54, 1.807) is 0 Å². The number of nitrogens with zero attached hydrogens (tertiary/aromatic N) is 1. The van der Waals surface area contributed by atoms with Crippen molar-refractivity contribution in [1.82, 2.24) is 10.3 Å². The number of benzene rings is 3. The average Bonchev–Trinajstić information content (AvgIpc) is 3.25. The smallest absolute Gasteiger partial charge is 0.264 e. The lowest BCUT2D eigenvalue weighted by Crippen LogP contribution is -2.37. The Bertz CT molecular complexity index is 1380. The molecule has 1 aromatic heterocycles. The van der Waals surface area contributed by atoms with Gasteiger partial charge in [-0.15, -0.1) is 0 Å². The third-order valence-electron chi connectivity index (χ3n) is 5.87. The first kappa shape index (κ1) is 25.4. The number of carbonyl (C=O) groups is 1. The van der Waals surface area contributed by atoms with E-state index in [1.165, 1.54) is 5.56 Å². The summed E-state index contributed by atoms with van der Waals surface area (Å²) < 4.78 is 11.7. The predicted molar refractivity (Wildman–Crippen MR) is 148 cm³/mol. The molecule has 4 aromatic rings. The second kappa shape index (κ2) is 11.4. The summed E-state index contributed by atoms with van der Waals surface area (Å²) in [6.07, 6.45) is 1.56. The first-order chi connectivity index (χ1) is 17.3. The Morgan fingerprint density at radius 1 is 1.06 bits per heavy atom. The number of rotatable bonds is 8. The van der Waals surface area contributed by atoms with E-state index >= 15 is 0 Å². The average molecular weight is 502 g/mol. The molecule has 2 N–H and O–H groups in total. The minimum atomic E-state index is -0.317. The van der Waals surface area contributed by atoms with Crippen molar-refractivity contribution in [2.75, 3.05) is 11.9 Å². The molecular weight excluding hydrogens is 470 g/mol. The zero-order valence-corrected chi connectivity index (χ0v) is 21.9. The Balaban J connectivity index is 1.29. The molecule has 0 aliphatic rings. The van der Waals surface area contributed by atoms with Crippen molar-refractivity contribution < 1.29 is 13.9 Å². The topological polar surface area (TPSA) is 76.4 Å². The highest BCUT2D eigenvalue weighted by Gasteiger charge is 2.12. The third kappa shape index (κ3) is 6.49. The number of hydrogen-bond acceptors (Lipinski definition) is 5. The Morgan fingerprint density at radius 3 is 2.53 bits per heavy atom. The number of carbonyl (C=O) groups excluding carboxylic acids is 1. The van der Waals surface area contributed by atoms with Gasteiger partial charge in [0.2, 0.25) is 0 Å². The number of hydrogen-bond donors (Lipinski definition) is 2. The van der Waals surface area contributed by atoms with Crippen LogP contribution < -0.4 is 15.4 Å². The summed E-state index contributed by atoms with van der Waals surface area (Å²) in [5.74, 6) is 1.38. The molecule has 1 amide bonds. The zero-order valence-electron chi connectivity index (χ0n) is 21.1. The molecule has 0 saturated carbocycles. The molecule has 36 heavy (non-hydrogen) atoms. The van der Waals surface area contributed by atoms with Crippen LogP contribution in [0.3, 0.4) is 0 Å². The molecule has 3 aromatic carbocycles. The summed E-state index contributed by atoms with van der Waals surface area (Å²) in [5, 5.41) is 5.93. The Hall–Kier alpha value is -3.71. The van der Waals surface area contributed by atoms with Crippen molar-refractivity contribution in [3.8, 4) is 5.75 Å². The Kier molecular flexibility index (Phi) is 8.00. The molecule has 1 heterocycles. The third-order valence-corrected chi connectivity index (χ3v) is 6.08. The van der Waals surface area contributed by atoms with Crippen LogP contribution in [0.25, 0.3) is 11.1 Å². The van der Waals surface area contributed by atoms with Gasteiger partial charge < -0.3 is 14.5 Å². The number of amides is 1. The zero-order chi connectivity index (χ0) is 25.7. The highest BCUT2D eigenvalue weighted by atomic mass is 32.1. The normalized spacial score (nSPS) is 11.0. The fraction of sp³-hybridized carbons (Fsp3) is 0.276. The van der Waals surface area contributed by atoms with E-state index < -0.39 is 0 Å². The van der Waals surface area contributed by atoms with Crippen LogP contribution >= 0.6 is 12.2 Å². The fourth-order valence-corrected chi connectivity index (χ4v) is 4.14. The van der Waals surface area contributed by atoms with Crippen LogP contribution in [0.2, 0.25) is 0 Å². The molecule has 186 valence electrons. The molecule has 0 radical (unpaired) electrons. The standard InChI is InChI=1S/C29H31N3O3S/c1-5-20-9-13-25-24(15-20)31-28(35-25)16-21-7-10-22(11-8-21)30-29(36)32-27(33)17-34-26-14-19(4)6-12-23(26)18(2)3/h6-15,18H,5,16-17H2,1-4H3,(H2,30,32,33,36). The number of ether oxygens (including phenoxy) is 1. The lowest BCUT2D eigenvalue weighted by Gasteiger charge is -2.15. The highest BCUT2D eigenvalue weighted by Crippen LogP contribution is 2.27. The number of aromatic nitrogens is 1. The van der Waals surface area contributed by atoms with Crippen molar-refractivity contribution in [1.29, 1.82) is 0 Å². The van der Waals surface area contributed by atoms with E-state index in [1.807, 2.05) is 55.5 Å². The summed E-state index contributed by atoms with van der Waals surface area (Å²) in [7, 11) is 0. The quantitative estimate of drug-likeness (QED) is 0.276. The van der Waals surface area contributed by atoms with Crippen molar-refractivity contribution in [3.05, 3.63) is 88.8 Å². The maximum absolute atomic E-state index is 12.4. The fourth-order valence-electron chi connectivity index (χ4n) is 3.91. The van der Waals surface area contributed by atoms with Gasteiger partial charge in [0.15, 0.2) is 23.2 Å². The van der Waals surface area contributed by atoms with Gasteiger partial charge in [-0.05, 0) is 84.1 Å². The maximum atomic E-state index is 12.4. The maximum Gasteiger partial charge on any atom is 0.264 e. The van der Waals surface area contributed by atoms with Gasteiger partial charge >= 0.3 is 0 Å². The lowest BCUT2D eigenvalue weighted by atomic mass is 10.0. The molecule has 0 aliphatic carbocycles. The molecule has 0 atom stereocenters. The van der Waals surface area contributed by atoms with Crippen LogP contribution in [0.15, 0.2) is 65.1 Å². The number of nitrogens with one attached hydrogen (secondary N) is 2. The van der Waals surface area contributed by atoms with Crippen LogP contribution in [0.4, 0.5) is 5.69 Å². The predicted octanol–water partition coefficient (Wildman–Crippen LogP) is 6.30. The van der Waals surface area contributed by atoms with Gasteiger partial charge in [0.1, 0.15) is 11.3 Å². The molecule has 0 saturated heterocycles. The van der Waals surface area contributed by atoms with Crippen molar-refractivity contribution in [2.24, 2.45) is 0 Å². The summed E-state index contributed by atoms with van der Waals surface area (Å²) in [5.41, 5.74) is 6.91. The number of aryl methyl sites for hydroxylation is 2. The minimum Gasteiger partial charge on any atom is -0.483 e. The second-order valence-electron chi connectivity index (χ2n) is 9.12. The molecule has 7 heteroatoms. The monoisotopic (exact) mass is 501 g/mol. The Morgan fingerprint density at radius 2 is 1.81 bits per heavy atom. The Labute approximate surface area is 217 Å². The number of thiocarbonyl (C=S) groups is 1. The van der Waals surface area contributed by atoms with Crippen LogP contribution in [-0.4, -0.2) is 22.6 Å². The van der Waals surface area contributed by atoms with Crippen LogP contribution in [0.5, 0.6) is 5.75 Å². The van der Waals surface area contributed by atoms with E-state index in [-0.39, 0.29) is 17.6 Å².